The molecule has 10 nitrogen and oxygen atoms in total. The molecule has 38 heavy (non-hydrogen) atoms. The molecule has 0 bridgehead atoms. The molecule has 0 spiro atoms. The van der Waals surface area contributed by atoms with Gasteiger partial charge in [0.15, 0.2) is 11.4 Å². The SMILES string of the molecule is COc1cc(-c2[nH]nc(-c3ncc(N4CCN(CC5CCOCC5)CC4C)s3)c2C(C)C)cn2ncnc12. The first-order valence-electron chi connectivity index (χ1n) is 13.5. The molecule has 202 valence electrons. The molecule has 0 saturated carbocycles. The number of anilines is 1. The van der Waals surface area contributed by atoms with Crippen molar-refractivity contribution in [3.8, 4) is 27.7 Å². The van der Waals surface area contributed by atoms with Crippen molar-refractivity contribution < 1.29 is 9.47 Å². The molecule has 1 N–H and O–H groups in total. The molecule has 0 amide bonds. The molecule has 0 radical (unpaired) electrons. The molecule has 0 aromatic carbocycles. The first-order valence-corrected chi connectivity index (χ1v) is 14.3. The van der Waals surface area contributed by atoms with Crippen molar-refractivity contribution >= 4 is 22.0 Å². The molecule has 2 saturated heterocycles. The van der Waals surface area contributed by atoms with E-state index in [0.717, 1.165) is 66.3 Å². The van der Waals surface area contributed by atoms with Crippen LogP contribution >= 0.6 is 11.3 Å². The van der Waals surface area contributed by atoms with E-state index in [0.29, 0.717) is 17.4 Å². The van der Waals surface area contributed by atoms with Gasteiger partial charge in [-0.3, -0.25) is 10.00 Å². The smallest absolute Gasteiger partial charge is 0.197 e. The van der Waals surface area contributed by atoms with Crippen molar-refractivity contribution in [2.45, 2.75) is 45.6 Å². The summed E-state index contributed by atoms with van der Waals surface area (Å²) in [4.78, 5) is 14.3. The zero-order chi connectivity index (χ0) is 26.2. The first-order chi connectivity index (χ1) is 18.5. The van der Waals surface area contributed by atoms with Crippen molar-refractivity contribution in [2.75, 3.05) is 51.4 Å². The maximum atomic E-state index is 5.59. The first kappa shape index (κ1) is 25.3. The summed E-state index contributed by atoms with van der Waals surface area (Å²) in [5, 5.41) is 14.5. The van der Waals surface area contributed by atoms with E-state index in [4.69, 9.17) is 19.6 Å². The number of hydrogen-bond donors (Lipinski definition) is 1. The number of thiazole rings is 1. The number of pyridine rings is 1. The van der Waals surface area contributed by atoms with Crippen molar-refractivity contribution in [1.82, 2.24) is 34.7 Å². The van der Waals surface area contributed by atoms with E-state index in [-0.39, 0.29) is 5.92 Å². The molecule has 2 fully saturated rings. The fraction of sp³-hybridized carbons (Fsp3) is 0.556. The maximum Gasteiger partial charge on any atom is 0.197 e. The van der Waals surface area contributed by atoms with Crippen LogP contribution in [0.25, 0.3) is 27.6 Å². The third-order valence-electron chi connectivity index (χ3n) is 7.78. The lowest BCUT2D eigenvalue weighted by Gasteiger charge is -2.41. The highest BCUT2D eigenvalue weighted by molar-refractivity contribution is 7.18. The zero-order valence-corrected chi connectivity index (χ0v) is 23.4. The van der Waals surface area contributed by atoms with Gasteiger partial charge in [0.05, 0.1) is 19.0 Å². The molecule has 6 rings (SSSR count). The Balaban J connectivity index is 1.23. The van der Waals surface area contributed by atoms with Gasteiger partial charge in [-0.05, 0) is 37.7 Å². The van der Waals surface area contributed by atoms with Crippen LogP contribution in [0, 0.1) is 5.92 Å². The quantitative estimate of drug-likeness (QED) is 0.373. The van der Waals surface area contributed by atoms with Gasteiger partial charge in [0.1, 0.15) is 22.0 Å². The Morgan fingerprint density at radius 3 is 2.82 bits per heavy atom. The van der Waals surface area contributed by atoms with Crippen LogP contribution in [0.15, 0.2) is 24.8 Å². The van der Waals surface area contributed by atoms with Crippen LogP contribution in [0.5, 0.6) is 5.75 Å². The Kier molecular flexibility index (Phi) is 7.07. The van der Waals surface area contributed by atoms with E-state index < -0.39 is 0 Å². The summed E-state index contributed by atoms with van der Waals surface area (Å²) in [5.41, 5.74) is 4.65. The Hall–Kier alpha value is -3.02. The van der Waals surface area contributed by atoms with Gasteiger partial charge in [0.2, 0.25) is 0 Å². The van der Waals surface area contributed by atoms with Crippen LogP contribution in [-0.2, 0) is 4.74 Å². The van der Waals surface area contributed by atoms with Gasteiger partial charge in [-0.15, -0.1) is 0 Å². The second-order valence-corrected chi connectivity index (χ2v) is 11.7. The Morgan fingerprint density at radius 1 is 1.21 bits per heavy atom. The molecule has 1 unspecified atom stereocenters. The van der Waals surface area contributed by atoms with Crippen molar-refractivity contribution in [3.05, 3.63) is 30.4 Å². The minimum absolute atomic E-state index is 0.246. The summed E-state index contributed by atoms with van der Waals surface area (Å²) in [6.07, 6.45) is 7.90. The molecule has 4 aromatic heterocycles. The predicted molar refractivity (Wildman–Crippen MR) is 149 cm³/mol. The number of nitrogens with zero attached hydrogens (tertiary/aromatic N) is 7. The van der Waals surface area contributed by atoms with Gasteiger partial charge in [-0.2, -0.15) is 10.2 Å². The number of piperazine rings is 1. The molecule has 2 aliphatic rings. The third-order valence-corrected chi connectivity index (χ3v) is 8.82. The van der Waals surface area contributed by atoms with Crippen LogP contribution in [0.2, 0.25) is 0 Å². The van der Waals surface area contributed by atoms with E-state index in [1.807, 2.05) is 18.5 Å². The van der Waals surface area contributed by atoms with E-state index in [1.165, 1.54) is 30.7 Å². The van der Waals surface area contributed by atoms with E-state index in [2.05, 4.69) is 45.8 Å². The minimum atomic E-state index is 0.246. The fourth-order valence-electron chi connectivity index (χ4n) is 5.81. The molecule has 11 heteroatoms. The number of aromatic nitrogens is 6. The standard InChI is InChI=1S/C27H36N8O2S/c1-17(2)23-24(20-11-21(36-4)26-29-16-30-35(26)15-20)31-32-25(23)27-28-12-22(38-27)34-8-7-33(13-18(34)3)14-19-5-9-37-10-6-19/h11-12,15-19H,5-10,13-14H2,1-4H3,(H,31,32). The lowest BCUT2D eigenvalue weighted by atomic mass is 9.97. The van der Waals surface area contributed by atoms with E-state index in [1.54, 1.807) is 23.0 Å². The summed E-state index contributed by atoms with van der Waals surface area (Å²) in [5.74, 6) is 1.69. The number of methoxy groups -OCH3 is 1. The average Bonchev–Trinajstić information content (AvgIpc) is 3.68. The van der Waals surface area contributed by atoms with Crippen LogP contribution < -0.4 is 9.64 Å². The highest BCUT2D eigenvalue weighted by Gasteiger charge is 2.29. The van der Waals surface area contributed by atoms with Crippen LogP contribution in [0.4, 0.5) is 5.00 Å². The van der Waals surface area contributed by atoms with Gasteiger partial charge in [0, 0.05) is 62.8 Å². The number of nitrogens with one attached hydrogen (secondary N) is 1. The second-order valence-electron chi connectivity index (χ2n) is 10.7. The molecular formula is C27H36N8O2S. The van der Waals surface area contributed by atoms with Gasteiger partial charge in [0.25, 0.3) is 0 Å². The van der Waals surface area contributed by atoms with Gasteiger partial charge >= 0.3 is 0 Å². The Bertz CT molecular complexity index is 1390. The minimum Gasteiger partial charge on any atom is -0.493 e. The highest BCUT2D eigenvalue weighted by atomic mass is 32.1. The largest absolute Gasteiger partial charge is 0.493 e. The Morgan fingerprint density at radius 2 is 2.05 bits per heavy atom. The highest BCUT2D eigenvalue weighted by Crippen LogP contribution is 2.40. The summed E-state index contributed by atoms with van der Waals surface area (Å²) in [6.45, 7) is 12.9. The summed E-state index contributed by atoms with van der Waals surface area (Å²) >= 11 is 1.73. The zero-order valence-electron chi connectivity index (χ0n) is 22.6. The molecule has 1 atom stereocenters. The van der Waals surface area contributed by atoms with E-state index in [9.17, 15) is 0 Å². The van der Waals surface area contributed by atoms with Gasteiger partial charge in [-0.25, -0.2) is 14.5 Å². The van der Waals surface area contributed by atoms with Gasteiger partial charge in [-0.1, -0.05) is 25.2 Å². The number of fused-ring (bicyclic) bond motifs is 1. The number of aromatic amines is 1. The molecular weight excluding hydrogens is 500 g/mol. The number of hydrogen-bond acceptors (Lipinski definition) is 9. The van der Waals surface area contributed by atoms with Crippen molar-refractivity contribution in [3.63, 3.8) is 0 Å². The van der Waals surface area contributed by atoms with Crippen LogP contribution in [0.3, 0.4) is 0 Å². The van der Waals surface area contributed by atoms with Crippen LogP contribution in [-0.4, -0.2) is 87.2 Å². The maximum absolute atomic E-state index is 5.59. The normalized spacial score (nSPS) is 19.6. The monoisotopic (exact) mass is 536 g/mol. The molecule has 0 aliphatic carbocycles. The topological polar surface area (TPSA) is 96.7 Å². The van der Waals surface area contributed by atoms with E-state index >= 15 is 0 Å². The molecule has 4 aromatic rings. The number of H-pyrrole nitrogens is 1. The third kappa shape index (κ3) is 4.78. The summed E-state index contributed by atoms with van der Waals surface area (Å²) in [6, 6.07) is 2.43. The summed E-state index contributed by atoms with van der Waals surface area (Å²) in [7, 11) is 1.65. The predicted octanol–water partition coefficient (Wildman–Crippen LogP) is 4.31. The van der Waals surface area contributed by atoms with Gasteiger partial charge < -0.3 is 14.4 Å². The summed E-state index contributed by atoms with van der Waals surface area (Å²) < 4.78 is 12.9. The van der Waals surface area contributed by atoms with Crippen molar-refractivity contribution in [1.29, 1.82) is 0 Å². The number of ether oxygens (including phenoxy) is 2. The lowest BCUT2D eigenvalue weighted by Crippen LogP contribution is -2.53. The lowest BCUT2D eigenvalue weighted by molar-refractivity contribution is 0.0500. The molecule has 2 aliphatic heterocycles. The number of rotatable bonds is 7. The Labute approximate surface area is 227 Å². The average molecular weight is 537 g/mol. The molecule has 6 heterocycles. The fourth-order valence-corrected chi connectivity index (χ4v) is 6.86. The van der Waals surface area contributed by atoms with Crippen molar-refractivity contribution in [2.24, 2.45) is 5.92 Å². The van der Waals surface area contributed by atoms with Crippen LogP contribution in [0.1, 0.15) is 45.1 Å². The second kappa shape index (κ2) is 10.6.